The molecule has 1 fully saturated rings. The highest BCUT2D eigenvalue weighted by molar-refractivity contribution is 5.86. The van der Waals surface area contributed by atoms with Gasteiger partial charge in [-0.15, -0.1) is 0 Å². The predicted octanol–water partition coefficient (Wildman–Crippen LogP) is 1.67. The molecule has 2 aliphatic heterocycles. The smallest absolute Gasteiger partial charge is 0.239 e. The van der Waals surface area contributed by atoms with Gasteiger partial charge in [0.25, 0.3) is 0 Å². The molecule has 6 heteroatoms. The predicted molar refractivity (Wildman–Crippen MR) is 107 cm³/mol. The number of rotatable bonds is 5. The van der Waals surface area contributed by atoms with E-state index in [-0.39, 0.29) is 24.3 Å². The second kappa shape index (κ2) is 8.10. The van der Waals surface area contributed by atoms with Gasteiger partial charge in [-0.25, -0.2) is 0 Å². The van der Waals surface area contributed by atoms with Gasteiger partial charge >= 0.3 is 0 Å². The standard InChI is InChI=1S/C22H26N4O2/c1-15-20(19-7-8-23-10-18(19)11-24-15)12-25-21(27)14-26-13-17(9-22(26)28)16-5-3-2-4-6-16/h2-6,11,17,23H,7-10,12-14H2,1H3,(H,25,27). The maximum Gasteiger partial charge on any atom is 0.239 e. The molecule has 6 nitrogen and oxygen atoms in total. The Morgan fingerprint density at radius 2 is 2.14 bits per heavy atom. The van der Waals surface area contributed by atoms with Crippen molar-refractivity contribution in [3.05, 3.63) is 64.5 Å². The van der Waals surface area contributed by atoms with Gasteiger partial charge in [0.05, 0.1) is 6.54 Å². The van der Waals surface area contributed by atoms with E-state index in [0.29, 0.717) is 19.5 Å². The number of pyridine rings is 1. The van der Waals surface area contributed by atoms with Crippen molar-refractivity contribution in [3.8, 4) is 0 Å². The van der Waals surface area contributed by atoms with Crippen LogP contribution in [0, 0.1) is 6.92 Å². The molecule has 0 spiro atoms. The highest BCUT2D eigenvalue weighted by atomic mass is 16.2. The van der Waals surface area contributed by atoms with Crippen molar-refractivity contribution in [3.63, 3.8) is 0 Å². The Morgan fingerprint density at radius 3 is 2.96 bits per heavy atom. The number of carbonyl (C=O) groups excluding carboxylic acids is 2. The molecule has 0 saturated carbocycles. The molecule has 146 valence electrons. The summed E-state index contributed by atoms with van der Waals surface area (Å²) in [5.41, 5.74) is 5.74. The number of hydrogen-bond donors (Lipinski definition) is 2. The topological polar surface area (TPSA) is 74.3 Å². The molecule has 4 rings (SSSR count). The molecule has 28 heavy (non-hydrogen) atoms. The summed E-state index contributed by atoms with van der Waals surface area (Å²) >= 11 is 0. The van der Waals surface area contributed by atoms with Crippen molar-refractivity contribution in [2.75, 3.05) is 19.6 Å². The fraction of sp³-hybridized carbons (Fsp3) is 0.409. The van der Waals surface area contributed by atoms with Gasteiger partial charge in [0, 0.05) is 43.9 Å². The summed E-state index contributed by atoms with van der Waals surface area (Å²) in [6.45, 7) is 4.94. The second-order valence-corrected chi connectivity index (χ2v) is 7.62. The summed E-state index contributed by atoms with van der Waals surface area (Å²) in [6, 6.07) is 10.0. The van der Waals surface area contributed by atoms with Crippen molar-refractivity contribution < 1.29 is 9.59 Å². The van der Waals surface area contributed by atoms with Gasteiger partial charge in [-0.1, -0.05) is 30.3 Å². The zero-order valence-electron chi connectivity index (χ0n) is 16.2. The van der Waals surface area contributed by atoms with E-state index in [0.717, 1.165) is 36.3 Å². The number of likely N-dealkylation sites (tertiary alicyclic amines) is 1. The minimum absolute atomic E-state index is 0.0463. The minimum atomic E-state index is -0.118. The molecule has 2 aromatic rings. The fourth-order valence-electron chi connectivity index (χ4n) is 4.17. The Morgan fingerprint density at radius 1 is 1.32 bits per heavy atom. The van der Waals surface area contributed by atoms with Crippen molar-refractivity contribution in [1.82, 2.24) is 20.5 Å². The van der Waals surface area contributed by atoms with Crippen LogP contribution in [0.4, 0.5) is 0 Å². The maximum absolute atomic E-state index is 12.5. The molecule has 1 aromatic carbocycles. The quantitative estimate of drug-likeness (QED) is 0.830. The number of fused-ring (bicyclic) bond motifs is 1. The van der Waals surface area contributed by atoms with Crippen molar-refractivity contribution >= 4 is 11.8 Å². The van der Waals surface area contributed by atoms with Crippen molar-refractivity contribution in [2.24, 2.45) is 0 Å². The minimum Gasteiger partial charge on any atom is -0.350 e. The monoisotopic (exact) mass is 378 g/mol. The summed E-state index contributed by atoms with van der Waals surface area (Å²) in [4.78, 5) is 31.0. The highest BCUT2D eigenvalue weighted by Gasteiger charge is 2.31. The van der Waals surface area contributed by atoms with E-state index in [1.165, 1.54) is 11.1 Å². The maximum atomic E-state index is 12.5. The molecular formula is C22H26N4O2. The third-order valence-electron chi connectivity index (χ3n) is 5.75. The summed E-state index contributed by atoms with van der Waals surface area (Å²) in [6.07, 6.45) is 3.35. The number of aryl methyl sites for hydroxylation is 1. The summed E-state index contributed by atoms with van der Waals surface area (Å²) in [5, 5.41) is 6.35. The fourth-order valence-corrected chi connectivity index (χ4v) is 4.17. The second-order valence-electron chi connectivity index (χ2n) is 7.62. The summed E-state index contributed by atoms with van der Waals surface area (Å²) in [5.74, 6) is 0.0969. The zero-order valence-corrected chi connectivity index (χ0v) is 16.2. The Hall–Kier alpha value is -2.73. The first-order valence-electron chi connectivity index (χ1n) is 9.88. The van der Waals surface area contributed by atoms with Crippen molar-refractivity contribution in [2.45, 2.75) is 38.8 Å². The number of nitrogens with one attached hydrogen (secondary N) is 2. The highest BCUT2D eigenvalue weighted by Crippen LogP contribution is 2.27. The van der Waals surface area contributed by atoms with Crippen LogP contribution < -0.4 is 10.6 Å². The summed E-state index contributed by atoms with van der Waals surface area (Å²) < 4.78 is 0. The molecule has 2 N–H and O–H groups in total. The van der Waals surface area contributed by atoms with E-state index in [2.05, 4.69) is 15.6 Å². The lowest BCUT2D eigenvalue weighted by Crippen LogP contribution is -2.38. The molecule has 1 atom stereocenters. The molecule has 0 radical (unpaired) electrons. The Labute approximate surface area is 165 Å². The van der Waals surface area contributed by atoms with Crippen LogP contribution in [0.5, 0.6) is 0 Å². The van der Waals surface area contributed by atoms with Gasteiger partial charge in [0.1, 0.15) is 0 Å². The third kappa shape index (κ3) is 3.92. The van der Waals surface area contributed by atoms with Crippen molar-refractivity contribution in [1.29, 1.82) is 0 Å². The first-order valence-corrected chi connectivity index (χ1v) is 9.88. The molecule has 2 aliphatic rings. The molecular weight excluding hydrogens is 352 g/mol. The normalized spacial score (nSPS) is 18.8. The van der Waals surface area contributed by atoms with E-state index < -0.39 is 0 Å². The average molecular weight is 378 g/mol. The Kier molecular flexibility index (Phi) is 5.39. The van der Waals surface area contributed by atoms with Crippen LogP contribution in [0.25, 0.3) is 0 Å². The first kappa shape index (κ1) is 18.6. The Bertz CT molecular complexity index is 882. The number of hydrogen-bond acceptors (Lipinski definition) is 4. The van der Waals surface area contributed by atoms with Gasteiger partial charge < -0.3 is 15.5 Å². The Balaban J connectivity index is 1.36. The van der Waals surface area contributed by atoms with Crippen LogP contribution in [0.2, 0.25) is 0 Å². The van der Waals surface area contributed by atoms with Crippen LogP contribution in [-0.4, -0.2) is 41.3 Å². The molecule has 1 unspecified atom stereocenters. The number of aromatic nitrogens is 1. The SMILES string of the molecule is Cc1ncc2c(c1CNC(=O)CN1CC(c3ccccc3)CC1=O)CCNC2. The van der Waals surface area contributed by atoms with E-state index in [9.17, 15) is 9.59 Å². The lowest BCUT2D eigenvalue weighted by Gasteiger charge is -2.22. The molecule has 0 bridgehead atoms. The third-order valence-corrected chi connectivity index (χ3v) is 5.75. The summed E-state index contributed by atoms with van der Waals surface area (Å²) in [7, 11) is 0. The van der Waals surface area contributed by atoms with Gasteiger partial charge in [0.2, 0.25) is 11.8 Å². The van der Waals surface area contributed by atoms with Crippen LogP contribution in [0.15, 0.2) is 36.5 Å². The molecule has 3 heterocycles. The number of benzene rings is 1. The van der Waals surface area contributed by atoms with E-state index in [4.69, 9.17) is 0 Å². The van der Waals surface area contributed by atoms with E-state index >= 15 is 0 Å². The largest absolute Gasteiger partial charge is 0.350 e. The van der Waals surface area contributed by atoms with Crippen LogP contribution >= 0.6 is 0 Å². The zero-order chi connectivity index (χ0) is 19.5. The van der Waals surface area contributed by atoms with E-state index in [1.54, 1.807) is 4.90 Å². The van der Waals surface area contributed by atoms with Gasteiger partial charge in [-0.3, -0.25) is 14.6 Å². The van der Waals surface area contributed by atoms with Crippen LogP contribution in [0.1, 0.15) is 40.3 Å². The molecule has 0 aliphatic carbocycles. The number of nitrogens with zero attached hydrogens (tertiary/aromatic N) is 2. The number of amides is 2. The first-order chi connectivity index (χ1) is 13.6. The van der Waals surface area contributed by atoms with Gasteiger partial charge in [-0.2, -0.15) is 0 Å². The van der Waals surface area contributed by atoms with Gasteiger partial charge in [0.15, 0.2) is 0 Å². The average Bonchev–Trinajstić information content (AvgIpc) is 3.08. The van der Waals surface area contributed by atoms with Crippen LogP contribution in [0.3, 0.4) is 0 Å². The van der Waals surface area contributed by atoms with Crippen LogP contribution in [-0.2, 0) is 29.1 Å². The van der Waals surface area contributed by atoms with Gasteiger partial charge in [-0.05, 0) is 42.1 Å². The number of carbonyl (C=O) groups is 2. The lowest BCUT2D eigenvalue weighted by molar-refractivity contribution is -0.133. The molecule has 1 saturated heterocycles. The van der Waals surface area contributed by atoms with E-state index in [1.807, 2.05) is 43.5 Å². The molecule has 1 aromatic heterocycles. The lowest BCUT2D eigenvalue weighted by atomic mass is 9.96. The molecule has 2 amide bonds.